The number of rotatable bonds is 7. The zero-order chi connectivity index (χ0) is 24.2. The monoisotopic (exact) mass is 489 g/mol. The van der Waals surface area contributed by atoms with E-state index in [0.29, 0.717) is 22.7 Å². The number of benzene rings is 2. The van der Waals surface area contributed by atoms with E-state index < -0.39 is 0 Å². The summed E-state index contributed by atoms with van der Waals surface area (Å²) < 4.78 is 5.25. The van der Waals surface area contributed by atoms with E-state index >= 15 is 0 Å². The molecule has 0 bridgehead atoms. The van der Waals surface area contributed by atoms with Crippen molar-refractivity contribution in [3.05, 3.63) is 76.2 Å². The van der Waals surface area contributed by atoms with Gasteiger partial charge >= 0.3 is 0 Å². The molecule has 1 aliphatic carbocycles. The Balaban J connectivity index is 1.24. The number of carbonyl (C=O) groups is 2. The normalized spacial score (nSPS) is 16.0. The number of hydrogen-bond donors (Lipinski definition) is 1. The summed E-state index contributed by atoms with van der Waals surface area (Å²) in [6, 6.07) is 17.5. The highest BCUT2D eigenvalue weighted by Gasteiger charge is 2.27. The van der Waals surface area contributed by atoms with Crippen LogP contribution >= 0.6 is 11.3 Å². The molecule has 2 heterocycles. The van der Waals surface area contributed by atoms with Crippen LogP contribution in [0, 0.1) is 0 Å². The average molecular weight is 490 g/mol. The molecule has 35 heavy (non-hydrogen) atoms. The fourth-order valence-corrected chi connectivity index (χ4v) is 6.26. The molecule has 182 valence electrons. The Morgan fingerprint density at radius 3 is 2.37 bits per heavy atom. The maximum Gasteiger partial charge on any atom is 0.239 e. The zero-order valence-electron chi connectivity index (χ0n) is 20.1. The fraction of sp³-hybridized carbons (Fsp3) is 0.357. The first-order chi connectivity index (χ1) is 17.1. The minimum absolute atomic E-state index is 0.00778. The number of nitrogens with one attached hydrogen (secondary N) is 1. The number of aryl methyl sites for hydroxylation is 1. The summed E-state index contributed by atoms with van der Waals surface area (Å²) in [6.45, 7) is 3.69. The van der Waals surface area contributed by atoms with Crippen molar-refractivity contribution in [1.82, 2.24) is 4.90 Å². The number of carbonyl (C=O) groups excluding carboxylic acids is 2. The Kier molecular flexibility index (Phi) is 7.16. The molecule has 1 aromatic heterocycles. The zero-order valence-corrected chi connectivity index (χ0v) is 20.9. The fourth-order valence-electron chi connectivity index (χ4n) is 4.95. The second-order valence-electron chi connectivity index (χ2n) is 9.12. The number of anilines is 2. The van der Waals surface area contributed by atoms with Crippen molar-refractivity contribution in [2.45, 2.75) is 25.7 Å². The summed E-state index contributed by atoms with van der Waals surface area (Å²) in [6.07, 6.45) is 4.12. The molecule has 0 saturated carbocycles. The number of ether oxygens (including phenoxy) is 1. The van der Waals surface area contributed by atoms with Crippen molar-refractivity contribution < 1.29 is 14.3 Å². The van der Waals surface area contributed by atoms with Crippen LogP contribution in [0.1, 0.15) is 39.2 Å². The number of piperazine rings is 1. The van der Waals surface area contributed by atoms with E-state index in [9.17, 15) is 9.59 Å². The number of fused-ring (bicyclic) bond motifs is 1. The predicted octanol–water partition coefficient (Wildman–Crippen LogP) is 4.63. The molecule has 2 aliphatic rings. The number of methoxy groups -OCH3 is 1. The number of hydrogen-bond acceptors (Lipinski definition) is 6. The molecule has 1 saturated heterocycles. The van der Waals surface area contributed by atoms with Crippen LogP contribution in [-0.2, 0) is 17.6 Å². The summed E-state index contributed by atoms with van der Waals surface area (Å²) >= 11 is 1.59. The quantitative estimate of drug-likeness (QED) is 0.491. The van der Waals surface area contributed by atoms with Crippen LogP contribution in [0.25, 0.3) is 0 Å². The van der Waals surface area contributed by atoms with Gasteiger partial charge < -0.3 is 15.0 Å². The lowest BCUT2D eigenvalue weighted by Crippen LogP contribution is -2.48. The van der Waals surface area contributed by atoms with Crippen LogP contribution in [0.3, 0.4) is 0 Å². The van der Waals surface area contributed by atoms with E-state index in [-0.39, 0.29) is 11.7 Å². The highest BCUT2D eigenvalue weighted by atomic mass is 32.1. The molecule has 2 aromatic carbocycles. The summed E-state index contributed by atoms with van der Waals surface area (Å²) in [5, 5.41) is 3.83. The van der Waals surface area contributed by atoms with Crippen LogP contribution in [0.5, 0.6) is 5.75 Å². The average Bonchev–Trinajstić information content (AvgIpc) is 3.26. The van der Waals surface area contributed by atoms with Crippen molar-refractivity contribution in [2.75, 3.05) is 50.1 Å². The maximum atomic E-state index is 13.4. The smallest absolute Gasteiger partial charge is 0.239 e. The number of thiophene rings is 1. The van der Waals surface area contributed by atoms with Gasteiger partial charge in [0.1, 0.15) is 10.8 Å². The first kappa shape index (κ1) is 23.6. The lowest BCUT2D eigenvalue weighted by molar-refractivity contribution is -0.117. The van der Waals surface area contributed by atoms with Crippen molar-refractivity contribution in [3.63, 3.8) is 0 Å². The van der Waals surface area contributed by atoms with Gasteiger partial charge in [0.25, 0.3) is 0 Å². The Bertz CT molecular complexity index is 1180. The molecule has 0 unspecified atom stereocenters. The van der Waals surface area contributed by atoms with Crippen LogP contribution in [0.2, 0.25) is 0 Å². The third-order valence-electron chi connectivity index (χ3n) is 6.86. The molecule has 6 nitrogen and oxygen atoms in total. The Hall–Kier alpha value is -3.16. The highest BCUT2D eigenvalue weighted by Crippen LogP contribution is 2.39. The molecule has 0 spiro atoms. The van der Waals surface area contributed by atoms with Crippen molar-refractivity contribution in [2.24, 2.45) is 0 Å². The molecule has 0 atom stereocenters. The number of ketones is 1. The second-order valence-corrected chi connectivity index (χ2v) is 10.2. The van der Waals surface area contributed by atoms with Gasteiger partial charge in [0.2, 0.25) is 5.91 Å². The van der Waals surface area contributed by atoms with E-state index in [1.54, 1.807) is 18.4 Å². The summed E-state index contributed by atoms with van der Waals surface area (Å²) in [5.74, 6) is 0.807. The van der Waals surface area contributed by atoms with Gasteiger partial charge in [-0.2, -0.15) is 0 Å². The summed E-state index contributed by atoms with van der Waals surface area (Å²) in [7, 11) is 1.67. The highest BCUT2D eigenvalue weighted by molar-refractivity contribution is 7.17. The van der Waals surface area contributed by atoms with Gasteiger partial charge in [0.05, 0.1) is 19.2 Å². The van der Waals surface area contributed by atoms with Crippen LogP contribution in [0.15, 0.2) is 54.6 Å². The lowest BCUT2D eigenvalue weighted by atomic mass is 9.92. The van der Waals surface area contributed by atoms with Crippen molar-refractivity contribution >= 4 is 33.7 Å². The van der Waals surface area contributed by atoms with Crippen molar-refractivity contribution in [3.8, 4) is 5.75 Å². The largest absolute Gasteiger partial charge is 0.497 e. The lowest BCUT2D eigenvalue weighted by Gasteiger charge is -2.35. The Labute approximate surface area is 210 Å². The third-order valence-corrected chi connectivity index (χ3v) is 8.07. The molecular formula is C28H31N3O3S. The molecular weight excluding hydrogens is 458 g/mol. The van der Waals surface area contributed by atoms with E-state index in [1.807, 2.05) is 42.5 Å². The molecule has 3 aromatic rings. The number of amides is 1. The predicted molar refractivity (Wildman–Crippen MR) is 141 cm³/mol. The van der Waals surface area contributed by atoms with Gasteiger partial charge in [-0.1, -0.05) is 30.3 Å². The van der Waals surface area contributed by atoms with E-state index in [1.165, 1.54) is 10.6 Å². The molecule has 1 fully saturated rings. The van der Waals surface area contributed by atoms with E-state index in [4.69, 9.17) is 4.74 Å². The number of nitrogens with zero attached hydrogens (tertiary/aromatic N) is 2. The van der Waals surface area contributed by atoms with Gasteiger partial charge in [-0.05, 0) is 55.5 Å². The minimum Gasteiger partial charge on any atom is -0.497 e. The SMILES string of the molecule is COc1ccc(N2CCN(CC(=O)Nc3sc4c(c3C(=O)c3ccccc3)CCCC4)CC2)cc1. The molecule has 7 heteroatoms. The first-order valence-electron chi connectivity index (χ1n) is 12.3. The van der Waals surface area contributed by atoms with Crippen molar-refractivity contribution in [1.29, 1.82) is 0 Å². The Morgan fingerprint density at radius 1 is 0.943 bits per heavy atom. The molecule has 1 amide bonds. The van der Waals surface area contributed by atoms with Crippen LogP contribution in [-0.4, -0.2) is 56.4 Å². The maximum absolute atomic E-state index is 13.4. The Morgan fingerprint density at radius 2 is 1.66 bits per heavy atom. The van der Waals surface area contributed by atoms with Gasteiger partial charge in [0, 0.05) is 42.3 Å². The van der Waals surface area contributed by atoms with Gasteiger partial charge in [0.15, 0.2) is 5.78 Å². The molecule has 1 aliphatic heterocycles. The second kappa shape index (κ2) is 10.6. The summed E-state index contributed by atoms with van der Waals surface area (Å²) in [4.78, 5) is 32.2. The molecule has 0 radical (unpaired) electrons. The van der Waals surface area contributed by atoms with Crippen LogP contribution in [0.4, 0.5) is 10.7 Å². The standard InChI is InChI=1S/C28H31N3O3S/c1-34-22-13-11-21(12-14-22)31-17-15-30(16-18-31)19-25(32)29-28-26(23-9-5-6-10-24(23)35-28)27(33)20-7-3-2-4-8-20/h2-4,7-8,11-14H,5-6,9-10,15-19H2,1H3,(H,29,32). The van der Waals surface area contributed by atoms with Gasteiger partial charge in [-0.15, -0.1) is 11.3 Å². The molecule has 5 rings (SSSR count). The molecule has 1 N–H and O–H groups in total. The summed E-state index contributed by atoms with van der Waals surface area (Å²) in [5.41, 5.74) is 3.68. The third kappa shape index (κ3) is 5.26. The minimum atomic E-state index is -0.0522. The van der Waals surface area contributed by atoms with Gasteiger partial charge in [-0.25, -0.2) is 0 Å². The van der Waals surface area contributed by atoms with Crippen LogP contribution < -0.4 is 15.0 Å². The van der Waals surface area contributed by atoms with E-state index in [0.717, 1.165) is 63.2 Å². The first-order valence-corrected chi connectivity index (χ1v) is 13.1. The van der Waals surface area contributed by atoms with E-state index in [2.05, 4.69) is 27.2 Å². The van der Waals surface area contributed by atoms with Gasteiger partial charge in [-0.3, -0.25) is 14.5 Å². The topological polar surface area (TPSA) is 61.9 Å².